The van der Waals surface area contributed by atoms with E-state index in [-0.39, 0.29) is 11.3 Å². The van der Waals surface area contributed by atoms with Crippen LogP contribution in [0.25, 0.3) is 0 Å². The number of nitrogens with two attached hydrogens (primary N) is 1. The Morgan fingerprint density at radius 2 is 2.12 bits per heavy atom. The maximum atomic E-state index is 13.5. The summed E-state index contributed by atoms with van der Waals surface area (Å²) in [5.74, 6) is -1.16. The third-order valence-corrected chi connectivity index (χ3v) is 2.50. The normalized spacial score (nSPS) is 16.2. The van der Waals surface area contributed by atoms with Crippen LogP contribution in [0.15, 0.2) is 24.3 Å². The molecule has 0 saturated heterocycles. The van der Waals surface area contributed by atoms with Crippen molar-refractivity contribution in [1.29, 1.82) is 0 Å². The molecule has 0 aromatic heterocycles. The molecular weight excluding hydrogens is 213 g/mol. The number of phenolic OH excluding ortho intramolecular Hbond substituents is 1. The highest BCUT2D eigenvalue weighted by atomic mass is 19.1. The molecule has 5 heteroatoms. The Morgan fingerprint density at radius 3 is 2.56 bits per heavy atom. The van der Waals surface area contributed by atoms with Gasteiger partial charge in [0.2, 0.25) is 0 Å². The minimum atomic E-state index is -1.99. The van der Waals surface area contributed by atoms with E-state index in [2.05, 4.69) is 4.74 Å². The Hall–Kier alpha value is -1.62. The lowest BCUT2D eigenvalue weighted by molar-refractivity contribution is -0.150. The summed E-state index contributed by atoms with van der Waals surface area (Å²) in [6.07, 6.45) is -1.69. The predicted molar refractivity (Wildman–Crippen MR) is 56.6 cm³/mol. The van der Waals surface area contributed by atoms with Crippen molar-refractivity contribution in [2.45, 2.75) is 18.6 Å². The Morgan fingerprint density at radius 1 is 1.56 bits per heavy atom. The molecular formula is C11H14FNO3. The molecule has 0 spiro atoms. The number of alkyl halides is 1. The van der Waals surface area contributed by atoms with Gasteiger partial charge in [-0.05, 0) is 13.0 Å². The molecule has 0 aliphatic carbocycles. The van der Waals surface area contributed by atoms with Crippen molar-refractivity contribution in [2.75, 3.05) is 7.11 Å². The Labute approximate surface area is 92.8 Å². The van der Waals surface area contributed by atoms with E-state index in [9.17, 15) is 14.3 Å². The quantitative estimate of drug-likeness (QED) is 0.758. The predicted octanol–water partition coefficient (Wildman–Crippen LogP) is 1.08. The summed E-state index contributed by atoms with van der Waals surface area (Å²) in [5, 5.41) is 9.58. The van der Waals surface area contributed by atoms with Crippen LogP contribution in [0, 0.1) is 0 Å². The van der Waals surface area contributed by atoms with Crippen molar-refractivity contribution in [3.63, 3.8) is 0 Å². The SMILES string of the molecule is COC(=O)C(N)(c1ccccc1O)C(C)F. The Balaban J connectivity index is 3.33. The lowest BCUT2D eigenvalue weighted by Crippen LogP contribution is -2.52. The monoisotopic (exact) mass is 227 g/mol. The molecule has 16 heavy (non-hydrogen) atoms. The van der Waals surface area contributed by atoms with Crippen LogP contribution in [-0.2, 0) is 15.1 Å². The molecule has 0 saturated carbocycles. The van der Waals surface area contributed by atoms with E-state index in [1.165, 1.54) is 12.1 Å². The van der Waals surface area contributed by atoms with E-state index in [0.29, 0.717) is 0 Å². The topological polar surface area (TPSA) is 72.5 Å². The number of esters is 1. The van der Waals surface area contributed by atoms with Gasteiger partial charge in [-0.15, -0.1) is 0 Å². The van der Waals surface area contributed by atoms with Crippen LogP contribution in [0.1, 0.15) is 12.5 Å². The second kappa shape index (κ2) is 4.49. The molecule has 0 fully saturated rings. The van der Waals surface area contributed by atoms with Gasteiger partial charge in [-0.2, -0.15) is 0 Å². The van der Waals surface area contributed by atoms with Gasteiger partial charge in [0.25, 0.3) is 0 Å². The first-order valence-corrected chi connectivity index (χ1v) is 4.74. The number of benzene rings is 1. The Bertz CT molecular complexity index is 395. The van der Waals surface area contributed by atoms with Crippen molar-refractivity contribution in [3.8, 4) is 5.75 Å². The molecule has 88 valence electrons. The lowest BCUT2D eigenvalue weighted by atomic mass is 9.86. The number of carbonyl (C=O) groups is 1. The maximum absolute atomic E-state index is 13.5. The number of para-hydroxylation sites is 1. The number of aromatic hydroxyl groups is 1. The average Bonchev–Trinajstić information content (AvgIpc) is 2.27. The molecule has 0 amide bonds. The molecule has 0 aliphatic heterocycles. The molecule has 4 nitrogen and oxygen atoms in total. The molecule has 3 N–H and O–H groups in total. The van der Waals surface area contributed by atoms with Crippen molar-refractivity contribution in [1.82, 2.24) is 0 Å². The lowest BCUT2D eigenvalue weighted by Gasteiger charge is -2.28. The highest BCUT2D eigenvalue weighted by Gasteiger charge is 2.45. The second-order valence-electron chi connectivity index (χ2n) is 3.49. The summed E-state index contributed by atoms with van der Waals surface area (Å²) in [4.78, 5) is 11.5. The van der Waals surface area contributed by atoms with E-state index >= 15 is 0 Å². The van der Waals surface area contributed by atoms with Gasteiger partial charge in [-0.25, -0.2) is 9.18 Å². The van der Waals surface area contributed by atoms with E-state index in [1.54, 1.807) is 12.1 Å². The highest BCUT2D eigenvalue weighted by Crippen LogP contribution is 2.32. The van der Waals surface area contributed by atoms with Crippen molar-refractivity contribution in [3.05, 3.63) is 29.8 Å². The second-order valence-corrected chi connectivity index (χ2v) is 3.49. The van der Waals surface area contributed by atoms with E-state index in [1.807, 2.05) is 0 Å². The van der Waals surface area contributed by atoms with Crippen LogP contribution >= 0.6 is 0 Å². The average molecular weight is 227 g/mol. The van der Waals surface area contributed by atoms with Gasteiger partial charge in [0.15, 0.2) is 5.54 Å². The summed E-state index contributed by atoms with van der Waals surface area (Å²) in [5.41, 5.74) is 3.73. The number of rotatable bonds is 3. The molecule has 0 radical (unpaired) electrons. The molecule has 1 aromatic carbocycles. The smallest absolute Gasteiger partial charge is 0.333 e. The van der Waals surface area contributed by atoms with Crippen LogP contribution in [-0.4, -0.2) is 24.4 Å². The number of hydrogen-bond donors (Lipinski definition) is 2. The van der Waals surface area contributed by atoms with E-state index < -0.39 is 17.7 Å². The van der Waals surface area contributed by atoms with Gasteiger partial charge >= 0.3 is 5.97 Å². The molecule has 0 heterocycles. The van der Waals surface area contributed by atoms with Crippen LogP contribution in [0.3, 0.4) is 0 Å². The standard InChI is InChI=1S/C11H14FNO3/c1-7(12)11(13,10(15)16-2)8-5-3-4-6-9(8)14/h3-7,14H,13H2,1-2H3. The summed E-state index contributed by atoms with van der Waals surface area (Å²) in [7, 11) is 1.12. The molecule has 2 atom stereocenters. The van der Waals surface area contributed by atoms with Crippen LogP contribution < -0.4 is 5.73 Å². The zero-order valence-electron chi connectivity index (χ0n) is 9.11. The fourth-order valence-corrected chi connectivity index (χ4v) is 1.48. The fourth-order valence-electron chi connectivity index (χ4n) is 1.48. The molecule has 1 rings (SSSR count). The minimum absolute atomic E-state index is 0.0110. The van der Waals surface area contributed by atoms with Crippen molar-refractivity contribution >= 4 is 5.97 Å². The van der Waals surface area contributed by atoms with E-state index in [0.717, 1.165) is 14.0 Å². The number of carbonyl (C=O) groups excluding carboxylic acids is 1. The maximum Gasteiger partial charge on any atom is 0.333 e. The first-order valence-electron chi connectivity index (χ1n) is 4.74. The third-order valence-electron chi connectivity index (χ3n) is 2.50. The molecule has 0 aliphatic rings. The van der Waals surface area contributed by atoms with Crippen LogP contribution in [0.2, 0.25) is 0 Å². The number of ether oxygens (including phenoxy) is 1. The molecule has 0 bridgehead atoms. The van der Waals surface area contributed by atoms with E-state index in [4.69, 9.17) is 5.73 Å². The molecule has 2 unspecified atom stereocenters. The van der Waals surface area contributed by atoms with Gasteiger partial charge in [-0.3, -0.25) is 0 Å². The number of halogens is 1. The van der Waals surface area contributed by atoms with Crippen molar-refractivity contribution in [2.24, 2.45) is 5.73 Å². The van der Waals surface area contributed by atoms with Gasteiger partial charge < -0.3 is 15.6 Å². The Kier molecular flexibility index (Phi) is 3.49. The molecule has 1 aromatic rings. The largest absolute Gasteiger partial charge is 0.508 e. The number of hydrogen-bond acceptors (Lipinski definition) is 4. The van der Waals surface area contributed by atoms with Gasteiger partial charge in [-0.1, -0.05) is 18.2 Å². The zero-order valence-corrected chi connectivity index (χ0v) is 9.11. The summed E-state index contributed by atoms with van der Waals surface area (Å²) < 4.78 is 18.0. The summed E-state index contributed by atoms with van der Waals surface area (Å²) in [6.45, 7) is 1.14. The van der Waals surface area contributed by atoms with Gasteiger partial charge in [0, 0.05) is 5.56 Å². The fraction of sp³-hybridized carbons (Fsp3) is 0.364. The van der Waals surface area contributed by atoms with Crippen molar-refractivity contribution < 1.29 is 19.0 Å². The number of methoxy groups -OCH3 is 1. The van der Waals surface area contributed by atoms with Gasteiger partial charge in [0.05, 0.1) is 7.11 Å². The third kappa shape index (κ3) is 1.86. The van der Waals surface area contributed by atoms with Crippen LogP contribution in [0.4, 0.5) is 4.39 Å². The first-order chi connectivity index (χ1) is 7.44. The first kappa shape index (κ1) is 12.4. The minimum Gasteiger partial charge on any atom is -0.508 e. The summed E-state index contributed by atoms with van der Waals surface area (Å²) >= 11 is 0. The van der Waals surface area contributed by atoms with Gasteiger partial charge in [0.1, 0.15) is 11.9 Å². The highest BCUT2D eigenvalue weighted by molar-refractivity contribution is 5.84. The zero-order chi connectivity index (χ0) is 12.3. The summed E-state index contributed by atoms with van der Waals surface area (Å²) in [6, 6.07) is 5.84. The van der Waals surface area contributed by atoms with Crippen LogP contribution in [0.5, 0.6) is 5.75 Å². The number of phenols is 1.